The Labute approximate surface area is 220 Å². The summed E-state index contributed by atoms with van der Waals surface area (Å²) in [6.45, 7) is 0.636. The Balaban J connectivity index is 1.49. The van der Waals surface area contributed by atoms with Gasteiger partial charge in [-0.1, -0.05) is 23.2 Å². The number of primary sulfonamides is 1. The predicted molar refractivity (Wildman–Crippen MR) is 140 cm³/mol. The van der Waals surface area contributed by atoms with Crippen LogP contribution in [-0.4, -0.2) is 51.4 Å². The summed E-state index contributed by atoms with van der Waals surface area (Å²) in [6, 6.07) is 7.62. The second-order valence-corrected chi connectivity index (χ2v) is 10.1. The average molecular weight is 564 g/mol. The van der Waals surface area contributed by atoms with Gasteiger partial charge in [-0.2, -0.15) is 0 Å². The first-order valence-electron chi connectivity index (χ1n) is 10.6. The summed E-state index contributed by atoms with van der Waals surface area (Å²) in [6.07, 6.45) is 4.90. The molecule has 0 fully saturated rings. The van der Waals surface area contributed by atoms with Gasteiger partial charge in [0, 0.05) is 48.3 Å². The van der Waals surface area contributed by atoms with Gasteiger partial charge in [0.2, 0.25) is 16.0 Å². The first-order valence-corrected chi connectivity index (χ1v) is 13.0. The molecule has 0 radical (unpaired) electrons. The maximum absolute atomic E-state index is 11.4. The third kappa shape index (κ3) is 6.68. The molecular weight excluding hydrogens is 545 g/mol. The van der Waals surface area contributed by atoms with E-state index in [4.69, 9.17) is 28.3 Å². The summed E-state index contributed by atoms with van der Waals surface area (Å²) in [7, 11) is -4.01. The topological polar surface area (TPSA) is 195 Å². The molecule has 0 aliphatic rings. The standard InChI is InChI=1S/C21H19Cl2N9O4S/c22-12-1-2-13(15(23)9-12)19-14(20-26-6-7-27-20)10-29-21(31-19)28-8-5-25-18-4-3-17(32(33)34)16(30-18)11-37(24,35)36/h1-4,6-7,9-10H,5,8,11H2,(H,25,30)(H,26,27)(H2,24,35,36)(H,28,29,31). The number of imidazole rings is 1. The molecule has 0 spiro atoms. The molecule has 0 atom stereocenters. The van der Waals surface area contributed by atoms with Crippen LogP contribution >= 0.6 is 23.2 Å². The van der Waals surface area contributed by atoms with Gasteiger partial charge in [-0.3, -0.25) is 10.1 Å². The molecule has 0 unspecified atom stereocenters. The molecule has 16 heteroatoms. The second-order valence-electron chi connectivity index (χ2n) is 7.60. The molecule has 0 saturated carbocycles. The van der Waals surface area contributed by atoms with Crippen LogP contribution in [0.4, 0.5) is 17.5 Å². The predicted octanol–water partition coefficient (Wildman–Crippen LogP) is 3.46. The van der Waals surface area contributed by atoms with Crippen LogP contribution in [0.2, 0.25) is 10.0 Å². The highest BCUT2D eigenvalue weighted by Crippen LogP contribution is 2.35. The summed E-state index contributed by atoms with van der Waals surface area (Å²) in [5.41, 5.74) is 1.11. The molecule has 0 bridgehead atoms. The highest BCUT2D eigenvalue weighted by molar-refractivity contribution is 7.88. The van der Waals surface area contributed by atoms with Crippen molar-refractivity contribution in [1.29, 1.82) is 0 Å². The molecule has 0 amide bonds. The number of aromatic amines is 1. The van der Waals surface area contributed by atoms with Gasteiger partial charge in [0.15, 0.2) is 0 Å². The second kappa shape index (κ2) is 11.0. The Hall–Kier alpha value is -3.85. The van der Waals surface area contributed by atoms with E-state index in [-0.39, 0.29) is 11.5 Å². The van der Waals surface area contributed by atoms with E-state index >= 15 is 0 Å². The number of nitrogens with zero attached hydrogens (tertiary/aromatic N) is 5. The number of pyridine rings is 1. The number of nitro groups is 1. The Morgan fingerprint density at radius 1 is 1.05 bits per heavy atom. The number of H-pyrrole nitrogens is 1. The molecule has 0 aliphatic carbocycles. The fraction of sp³-hybridized carbons (Fsp3) is 0.143. The van der Waals surface area contributed by atoms with Gasteiger partial charge in [-0.15, -0.1) is 0 Å². The number of rotatable bonds is 10. The van der Waals surface area contributed by atoms with Crippen molar-refractivity contribution in [2.75, 3.05) is 23.7 Å². The molecule has 3 aromatic heterocycles. The van der Waals surface area contributed by atoms with Crippen molar-refractivity contribution in [3.8, 4) is 22.6 Å². The van der Waals surface area contributed by atoms with Gasteiger partial charge in [-0.05, 0) is 24.3 Å². The highest BCUT2D eigenvalue weighted by atomic mass is 35.5. The van der Waals surface area contributed by atoms with Crippen LogP contribution in [0.3, 0.4) is 0 Å². The number of nitrogens with one attached hydrogen (secondary N) is 3. The van der Waals surface area contributed by atoms with E-state index < -0.39 is 26.4 Å². The molecule has 0 aliphatic heterocycles. The van der Waals surface area contributed by atoms with E-state index in [2.05, 4.69) is 35.6 Å². The zero-order chi connectivity index (χ0) is 26.6. The van der Waals surface area contributed by atoms with E-state index in [0.717, 1.165) is 0 Å². The number of benzene rings is 1. The van der Waals surface area contributed by atoms with Crippen molar-refractivity contribution < 1.29 is 13.3 Å². The number of halogens is 2. The van der Waals surface area contributed by atoms with Crippen LogP contribution < -0.4 is 15.8 Å². The van der Waals surface area contributed by atoms with E-state index in [1.165, 1.54) is 12.1 Å². The molecule has 3 heterocycles. The van der Waals surface area contributed by atoms with Crippen molar-refractivity contribution in [2.45, 2.75) is 5.75 Å². The Kier molecular flexibility index (Phi) is 7.83. The largest absolute Gasteiger partial charge is 0.368 e. The third-order valence-corrected chi connectivity index (χ3v) is 6.15. The van der Waals surface area contributed by atoms with E-state index in [1.807, 2.05) is 0 Å². The maximum Gasteiger partial charge on any atom is 0.292 e. The summed E-state index contributed by atoms with van der Waals surface area (Å²) < 4.78 is 22.8. The minimum atomic E-state index is -4.01. The van der Waals surface area contributed by atoms with Gasteiger partial charge in [0.05, 0.1) is 21.2 Å². The molecule has 192 valence electrons. The lowest BCUT2D eigenvalue weighted by Crippen LogP contribution is -2.18. The fourth-order valence-electron chi connectivity index (χ4n) is 3.36. The monoisotopic (exact) mass is 563 g/mol. The minimum Gasteiger partial charge on any atom is -0.368 e. The summed E-state index contributed by atoms with van der Waals surface area (Å²) >= 11 is 12.5. The molecule has 5 N–H and O–H groups in total. The molecule has 0 saturated heterocycles. The van der Waals surface area contributed by atoms with Crippen LogP contribution in [0.1, 0.15) is 5.69 Å². The number of hydrogen-bond donors (Lipinski definition) is 4. The van der Waals surface area contributed by atoms with Crippen molar-refractivity contribution in [3.63, 3.8) is 0 Å². The maximum atomic E-state index is 11.4. The van der Waals surface area contributed by atoms with Crippen molar-refractivity contribution in [2.24, 2.45) is 5.14 Å². The molecule has 1 aromatic carbocycles. The van der Waals surface area contributed by atoms with E-state index in [1.54, 1.807) is 36.8 Å². The smallest absolute Gasteiger partial charge is 0.292 e. The van der Waals surface area contributed by atoms with Gasteiger partial charge >= 0.3 is 0 Å². The average Bonchev–Trinajstić information content (AvgIpc) is 3.35. The first kappa shape index (κ1) is 26.2. The Morgan fingerprint density at radius 3 is 2.51 bits per heavy atom. The van der Waals surface area contributed by atoms with Crippen LogP contribution in [0.15, 0.2) is 48.9 Å². The summed E-state index contributed by atoms with van der Waals surface area (Å²) in [5, 5.41) is 23.1. The normalized spacial score (nSPS) is 11.3. The van der Waals surface area contributed by atoms with Crippen molar-refractivity contribution in [1.82, 2.24) is 24.9 Å². The van der Waals surface area contributed by atoms with E-state index in [0.29, 0.717) is 51.7 Å². The first-order chi connectivity index (χ1) is 17.6. The van der Waals surface area contributed by atoms with Crippen molar-refractivity contribution >= 4 is 50.7 Å². The van der Waals surface area contributed by atoms with Gasteiger partial charge in [0.25, 0.3) is 5.69 Å². The number of sulfonamides is 1. The quantitative estimate of drug-likeness (QED) is 0.126. The van der Waals surface area contributed by atoms with Gasteiger partial charge < -0.3 is 15.6 Å². The Bertz CT molecular complexity index is 1550. The summed E-state index contributed by atoms with van der Waals surface area (Å²) in [5.74, 6) is 0.357. The van der Waals surface area contributed by atoms with Gasteiger partial charge in [-0.25, -0.2) is 33.5 Å². The molecule has 4 aromatic rings. The van der Waals surface area contributed by atoms with Crippen LogP contribution in [0.25, 0.3) is 22.6 Å². The zero-order valence-corrected chi connectivity index (χ0v) is 21.2. The van der Waals surface area contributed by atoms with Crippen molar-refractivity contribution in [3.05, 3.63) is 74.8 Å². The van der Waals surface area contributed by atoms with Gasteiger partial charge in [0.1, 0.15) is 23.1 Å². The number of hydrogen-bond acceptors (Lipinski definition) is 10. The number of anilines is 2. The molecule has 4 rings (SSSR count). The lowest BCUT2D eigenvalue weighted by molar-refractivity contribution is -0.385. The molecule has 37 heavy (non-hydrogen) atoms. The number of aromatic nitrogens is 5. The zero-order valence-electron chi connectivity index (χ0n) is 18.9. The van der Waals surface area contributed by atoms with Crippen LogP contribution in [0, 0.1) is 10.1 Å². The Morgan fingerprint density at radius 2 is 1.84 bits per heavy atom. The fourth-order valence-corrected chi connectivity index (χ4v) is 4.45. The lowest BCUT2D eigenvalue weighted by atomic mass is 10.1. The SMILES string of the molecule is NS(=O)(=O)Cc1nc(NCCNc2ncc(-c3ncc[nH]3)c(-c3ccc(Cl)cc3Cl)n2)ccc1[N+](=O)[O-]. The molecular formula is C21H19Cl2N9O4S. The number of nitrogens with two attached hydrogens (primary N) is 1. The lowest BCUT2D eigenvalue weighted by Gasteiger charge is -2.12. The minimum absolute atomic E-state index is 0.244. The van der Waals surface area contributed by atoms with Crippen LogP contribution in [-0.2, 0) is 15.8 Å². The van der Waals surface area contributed by atoms with E-state index in [9.17, 15) is 18.5 Å². The summed E-state index contributed by atoms with van der Waals surface area (Å²) in [4.78, 5) is 30.7. The van der Waals surface area contributed by atoms with Crippen LogP contribution in [0.5, 0.6) is 0 Å². The third-order valence-electron chi connectivity index (χ3n) is 4.93. The molecule has 13 nitrogen and oxygen atoms in total. The highest BCUT2D eigenvalue weighted by Gasteiger charge is 2.20.